The number of aromatic nitrogens is 1. The zero-order valence-electron chi connectivity index (χ0n) is 13.5. The zero-order valence-corrected chi connectivity index (χ0v) is 13.5. The molecule has 1 atom stereocenters. The van der Waals surface area contributed by atoms with Gasteiger partial charge in [-0.25, -0.2) is 4.98 Å². The summed E-state index contributed by atoms with van der Waals surface area (Å²) in [4.78, 5) is 7.35. The topological polar surface area (TPSA) is 42.1 Å². The van der Waals surface area contributed by atoms with E-state index in [1.54, 1.807) is 0 Å². The van der Waals surface area contributed by atoms with Crippen LogP contribution in [-0.2, 0) is 6.42 Å². The van der Waals surface area contributed by atoms with Crippen molar-refractivity contribution in [2.24, 2.45) is 17.6 Å². The summed E-state index contributed by atoms with van der Waals surface area (Å²) in [5.74, 6) is 3.04. The number of aryl methyl sites for hydroxylation is 1. The van der Waals surface area contributed by atoms with Crippen LogP contribution in [0.5, 0.6) is 0 Å². The maximum Gasteiger partial charge on any atom is 0.131 e. The zero-order chi connectivity index (χ0) is 14.8. The quantitative estimate of drug-likeness (QED) is 0.797. The molecule has 3 nitrogen and oxygen atoms in total. The number of hydrogen-bond donors (Lipinski definition) is 1. The summed E-state index contributed by atoms with van der Waals surface area (Å²) in [5, 5.41) is 0. The van der Waals surface area contributed by atoms with Crippen LogP contribution in [0.25, 0.3) is 0 Å². The summed E-state index contributed by atoms with van der Waals surface area (Å²) in [6.07, 6.45) is 9.64. The van der Waals surface area contributed by atoms with Gasteiger partial charge in [-0.1, -0.05) is 13.0 Å². The molecule has 2 saturated carbocycles. The number of anilines is 1. The van der Waals surface area contributed by atoms with Crippen LogP contribution in [0.2, 0.25) is 0 Å². The summed E-state index contributed by atoms with van der Waals surface area (Å²) in [6, 6.07) is 2.55. The molecule has 2 aliphatic carbocycles. The first-order chi connectivity index (χ1) is 10.2. The van der Waals surface area contributed by atoms with E-state index < -0.39 is 0 Å². The monoisotopic (exact) mass is 287 g/mol. The summed E-state index contributed by atoms with van der Waals surface area (Å²) in [7, 11) is 0. The molecule has 0 radical (unpaired) electrons. The Bertz CT molecular complexity index is 463. The SMILES string of the molecule is CCC(N)Cc1cnc(N(CC2CC2)CC2CC2)c(C)c1. The first kappa shape index (κ1) is 14.8. The molecule has 3 heteroatoms. The fourth-order valence-corrected chi connectivity index (χ4v) is 2.99. The number of nitrogens with two attached hydrogens (primary N) is 1. The van der Waals surface area contributed by atoms with Gasteiger partial charge in [0.05, 0.1) is 0 Å². The Morgan fingerprint density at radius 2 is 1.86 bits per heavy atom. The van der Waals surface area contributed by atoms with E-state index in [1.807, 2.05) is 6.20 Å². The third kappa shape index (κ3) is 4.19. The van der Waals surface area contributed by atoms with E-state index in [0.717, 1.165) is 24.7 Å². The summed E-state index contributed by atoms with van der Waals surface area (Å²) in [5.41, 5.74) is 8.66. The fraction of sp³-hybridized carbons (Fsp3) is 0.722. The van der Waals surface area contributed by atoms with Crippen molar-refractivity contribution < 1.29 is 0 Å². The van der Waals surface area contributed by atoms with Crippen LogP contribution in [0, 0.1) is 18.8 Å². The van der Waals surface area contributed by atoms with Gasteiger partial charge in [-0.15, -0.1) is 0 Å². The lowest BCUT2D eigenvalue weighted by atomic mass is 10.0. The van der Waals surface area contributed by atoms with Crippen molar-refractivity contribution in [3.05, 3.63) is 23.4 Å². The van der Waals surface area contributed by atoms with Crippen LogP contribution in [0.4, 0.5) is 5.82 Å². The maximum absolute atomic E-state index is 6.06. The van der Waals surface area contributed by atoms with Gasteiger partial charge in [0.15, 0.2) is 0 Å². The lowest BCUT2D eigenvalue weighted by molar-refractivity contribution is 0.642. The number of pyridine rings is 1. The average molecular weight is 287 g/mol. The first-order valence-corrected chi connectivity index (χ1v) is 8.61. The molecule has 2 fully saturated rings. The van der Waals surface area contributed by atoms with Crippen LogP contribution in [-0.4, -0.2) is 24.1 Å². The molecular weight excluding hydrogens is 258 g/mol. The Labute approximate surface area is 128 Å². The van der Waals surface area contributed by atoms with E-state index in [0.29, 0.717) is 0 Å². The Morgan fingerprint density at radius 1 is 1.24 bits per heavy atom. The molecule has 21 heavy (non-hydrogen) atoms. The summed E-state index contributed by atoms with van der Waals surface area (Å²) < 4.78 is 0. The van der Waals surface area contributed by atoms with Crippen LogP contribution < -0.4 is 10.6 Å². The van der Waals surface area contributed by atoms with Crippen molar-refractivity contribution in [2.45, 2.75) is 58.4 Å². The lowest BCUT2D eigenvalue weighted by Crippen LogP contribution is -2.30. The van der Waals surface area contributed by atoms with Gasteiger partial charge >= 0.3 is 0 Å². The minimum Gasteiger partial charge on any atom is -0.356 e. The molecule has 0 amide bonds. The second-order valence-corrected chi connectivity index (χ2v) is 7.15. The predicted molar refractivity (Wildman–Crippen MR) is 88.6 cm³/mol. The molecule has 0 bridgehead atoms. The molecular formula is C18H29N3. The van der Waals surface area contributed by atoms with E-state index in [9.17, 15) is 0 Å². The highest BCUT2D eigenvalue weighted by Gasteiger charge is 2.30. The predicted octanol–water partition coefficient (Wildman–Crippen LogP) is 3.30. The Kier molecular flexibility index (Phi) is 4.48. The third-order valence-electron chi connectivity index (χ3n) is 4.78. The second kappa shape index (κ2) is 6.35. The minimum absolute atomic E-state index is 0.256. The van der Waals surface area contributed by atoms with Crippen LogP contribution >= 0.6 is 0 Å². The van der Waals surface area contributed by atoms with Crippen molar-refractivity contribution in [2.75, 3.05) is 18.0 Å². The third-order valence-corrected chi connectivity index (χ3v) is 4.78. The van der Waals surface area contributed by atoms with Crippen LogP contribution in [0.3, 0.4) is 0 Å². The molecule has 0 aromatic carbocycles. The van der Waals surface area contributed by atoms with Crippen molar-refractivity contribution >= 4 is 5.82 Å². The molecule has 2 aliphatic rings. The molecule has 0 saturated heterocycles. The van der Waals surface area contributed by atoms with Crippen molar-refractivity contribution in [3.63, 3.8) is 0 Å². The maximum atomic E-state index is 6.06. The lowest BCUT2D eigenvalue weighted by Gasteiger charge is -2.26. The number of hydrogen-bond acceptors (Lipinski definition) is 3. The molecule has 1 aromatic rings. The molecule has 1 aromatic heterocycles. The Morgan fingerprint density at radius 3 is 2.33 bits per heavy atom. The Balaban J connectivity index is 1.71. The second-order valence-electron chi connectivity index (χ2n) is 7.15. The average Bonchev–Trinajstić information content (AvgIpc) is 3.34. The highest BCUT2D eigenvalue weighted by Crippen LogP contribution is 2.36. The number of rotatable bonds is 8. The van der Waals surface area contributed by atoms with Gasteiger partial charge in [0, 0.05) is 25.3 Å². The van der Waals surface area contributed by atoms with Crippen LogP contribution in [0.15, 0.2) is 12.3 Å². The van der Waals surface area contributed by atoms with Crippen LogP contribution in [0.1, 0.15) is 50.2 Å². The van der Waals surface area contributed by atoms with Gasteiger partial charge in [0.1, 0.15) is 5.82 Å². The van der Waals surface area contributed by atoms with E-state index in [2.05, 4.69) is 24.8 Å². The largest absolute Gasteiger partial charge is 0.356 e. The minimum atomic E-state index is 0.256. The molecule has 0 aliphatic heterocycles. The summed E-state index contributed by atoms with van der Waals surface area (Å²) >= 11 is 0. The highest BCUT2D eigenvalue weighted by molar-refractivity contribution is 5.48. The van der Waals surface area contributed by atoms with Gasteiger partial charge in [0.2, 0.25) is 0 Å². The molecule has 116 valence electrons. The van der Waals surface area contributed by atoms with Gasteiger partial charge in [-0.05, 0) is 68.4 Å². The van der Waals surface area contributed by atoms with Gasteiger partial charge < -0.3 is 10.6 Å². The fourth-order valence-electron chi connectivity index (χ4n) is 2.99. The Hall–Kier alpha value is -1.09. The molecule has 0 spiro atoms. The first-order valence-electron chi connectivity index (χ1n) is 8.61. The van der Waals surface area contributed by atoms with E-state index in [1.165, 1.54) is 55.7 Å². The van der Waals surface area contributed by atoms with Gasteiger partial charge in [0.25, 0.3) is 0 Å². The molecule has 1 heterocycles. The van der Waals surface area contributed by atoms with E-state index in [-0.39, 0.29) is 6.04 Å². The molecule has 2 N–H and O–H groups in total. The van der Waals surface area contributed by atoms with Gasteiger partial charge in [-0.2, -0.15) is 0 Å². The van der Waals surface area contributed by atoms with E-state index in [4.69, 9.17) is 10.7 Å². The smallest absolute Gasteiger partial charge is 0.131 e. The standard InChI is InChI=1S/C18H29N3/c1-3-17(19)9-16-8-13(2)18(20-10-16)21(11-14-4-5-14)12-15-6-7-15/h8,10,14-15,17H,3-7,9,11-12,19H2,1-2H3. The normalized spacial score (nSPS) is 19.6. The van der Waals surface area contributed by atoms with Crippen molar-refractivity contribution in [1.82, 2.24) is 4.98 Å². The van der Waals surface area contributed by atoms with Gasteiger partial charge in [-0.3, -0.25) is 0 Å². The van der Waals surface area contributed by atoms with Crippen molar-refractivity contribution in [1.29, 1.82) is 0 Å². The molecule has 1 unspecified atom stereocenters. The molecule has 3 rings (SSSR count). The van der Waals surface area contributed by atoms with Crippen molar-refractivity contribution in [3.8, 4) is 0 Å². The van der Waals surface area contributed by atoms with E-state index >= 15 is 0 Å². The summed E-state index contributed by atoms with van der Waals surface area (Å²) in [6.45, 7) is 6.76. The number of nitrogens with zero attached hydrogens (tertiary/aromatic N) is 2. The highest BCUT2D eigenvalue weighted by atomic mass is 15.2.